The van der Waals surface area contributed by atoms with Gasteiger partial charge in [-0.2, -0.15) is 0 Å². The average molecular weight is 252 g/mol. The van der Waals surface area contributed by atoms with E-state index < -0.39 is 8.80 Å². The van der Waals surface area contributed by atoms with Crippen LogP contribution in [0.4, 0.5) is 0 Å². The standard InChI is InChI=1S/C8H24N2O3Si2/c1-11-15(12-2,13-3)8-4-6-10(14)7-5-9/h4-9H2,1-3,14H3. The maximum Gasteiger partial charge on any atom is 0.500 e. The molecule has 92 valence electrons. The molecule has 15 heavy (non-hydrogen) atoms. The Labute approximate surface area is 96.7 Å². The van der Waals surface area contributed by atoms with Gasteiger partial charge in [-0.05, 0) is 13.0 Å². The molecule has 0 saturated carbocycles. The van der Waals surface area contributed by atoms with Crippen molar-refractivity contribution >= 4 is 19.2 Å². The summed E-state index contributed by atoms with van der Waals surface area (Å²) in [6, 6.07) is 0.861. The van der Waals surface area contributed by atoms with Crippen molar-refractivity contribution in [3.8, 4) is 0 Å². The van der Waals surface area contributed by atoms with Gasteiger partial charge in [0.05, 0.1) is 10.4 Å². The van der Waals surface area contributed by atoms with Crippen LogP contribution in [0.1, 0.15) is 6.42 Å². The summed E-state index contributed by atoms with van der Waals surface area (Å²) in [5.74, 6) is 0. The van der Waals surface area contributed by atoms with E-state index in [0.717, 1.165) is 42.5 Å². The van der Waals surface area contributed by atoms with E-state index in [2.05, 4.69) is 4.57 Å². The lowest BCUT2D eigenvalue weighted by molar-refractivity contribution is 0.122. The van der Waals surface area contributed by atoms with Crippen molar-refractivity contribution in [2.45, 2.75) is 12.5 Å². The Hall–Kier alpha value is 0.234. The van der Waals surface area contributed by atoms with Gasteiger partial charge in [0.1, 0.15) is 0 Å². The summed E-state index contributed by atoms with van der Waals surface area (Å²) in [7, 11) is 3.65. The molecule has 0 amide bonds. The molecule has 2 N–H and O–H groups in total. The van der Waals surface area contributed by atoms with Crippen molar-refractivity contribution in [1.82, 2.24) is 4.57 Å². The van der Waals surface area contributed by atoms with Gasteiger partial charge in [-0.3, -0.25) is 0 Å². The number of hydrogen-bond donors (Lipinski definition) is 1. The van der Waals surface area contributed by atoms with E-state index in [1.165, 1.54) is 0 Å². The molecule has 5 nitrogen and oxygen atoms in total. The Bertz CT molecular complexity index is 151. The van der Waals surface area contributed by atoms with E-state index in [4.69, 9.17) is 19.0 Å². The zero-order valence-electron chi connectivity index (χ0n) is 10.3. The largest absolute Gasteiger partial charge is 0.500 e. The van der Waals surface area contributed by atoms with Crippen molar-refractivity contribution in [2.75, 3.05) is 41.0 Å². The summed E-state index contributed by atoms with van der Waals surface area (Å²) < 4.78 is 18.4. The van der Waals surface area contributed by atoms with Gasteiger partial charge < -0.3 is 23.6 Å². The van der Waals surface area contributed by atoms with Crippen LogP contribution in [0.25, 0.3) is 0 Å². The fourth-order valence-corrected chi connectivity index (χ4v) is 3.73. The van der Waals surface area contributed by atoms with Gasteiger partial charge in [-0.15, -0.1) is 0 Å². The van der Waals surface area contributed by atoms with Gasteiger partial charge in [-0.25, -0.2) is 0 Å². The Morgan fingerprint density at radius 3 is 2.07 bits per heavy atom. The van der Waals surface area contributed by atoms with Gasteiger partial charge in [-0.1, -0.05) is 0 Å². The van der Waals surface area contributed by atoms with Crippen LogP contribution in [-0.2, 0) is 13.3 Å². The molecular weight excluding hydrogens is 228 g/mol. The number of hydrogen-bond acceptors (Lipinski definition) is 5. The number of nitrogens with two attached hydrogens (primary N) is 1. The molecule has 0 spiro atoms. The van der Waals surface area contributed by atoms with Crippen LogP contribution in [0.2, 0.25) is 6.04 Å². The monoisotopic (exact) mass is 252 g/mol. The molecule has 0 unspecified atom stereocenters. The minimum Gasteiger partial charge on any atom is -0.377 e. The first kappa shape index (κ1) is 15.2. The van der Waals surface area contributed by atoms with Gasteiger partial charge >= 0.3 is 8.80 Å². The molecule has 0 rings (SSSR count). The van der Waals surface area contributed by atoms with Crippen LogP contribution in [-0.4, -0.2) is 64.7 Å². The Morgan fingerprint density at radius 2 is 1.67 bits per heavy atom. The molecule has 0 saturated heterocycles. The first-order valence-corrected chi connectivity index (χ1v) is 8.00. The van der Waals surface area contributed by atoms with E-state index in [0.29, 0.717) is 0 Å². The highest BCUT2D eigenvalue weighted by molar-refractivity contribution is 6.60. The smallest absolute Gasteiger partial charge is 0.377 e. The Kier molecular flexibility index (Phi) is 8.52. The highest BCUT2D eigenvalue weighted by Gasteiger charge is 2.36. The van der Waals surface area contributed by atoms with Crippen molar-refractivity contribution in [3.05, 3.63) is 0 Å². The quantitative estimate of drug-likeness (QED) is 0.522. The van der Waals surface area contributed by atoms with Crippen molar-refractivity contribution in [3.63, 3.8) is 0 Å². The average Bonchev–Trinajstić information content (AvgIpc) is 2.25. The molecule has 0 aliphatic rings. The molecule has 0 aromatic heterocycles. The third-order valence-electron chi connectivity index (χ3n) is 2.47. The van der Waals surface area contributed by atoms with Crippen molar-refractivity contribution in [1.29, 1.82) is 0 Å². The highest BCUT2D eigenvalue weighted by Crippen LogP contribution is 2.14. The molecule has 0 aliphatic heterocycles. The number of nitrogens with zero attached hydrogens (tertiary/aromatic N) is 1. The van der Waals surface area contributed by atoms with E-state index in [1.807, 2.05) is 0 Å². The molecule has 7 heteroatoms. The van der Waals surface area contributed by atoms with E-state index in [9.17, 15) is 0 Å². The first-order valence-electron chi connectivity index (χ1n) is 5.18. The lowest BCUT2D eigenvalue weighted by Gasteiger charge is -2.25. The molecule has 0 radical (unpaired) electrons. The maximum atomic E-state index is 5.48. The molecule has 0 fully saturated rings. The fourth-order valence-electron chi connectivity index (χ4n) is 1.45. The summed E-state index contributed by atoms with van der Waals surface area (Å²) in [4.78, 5) is 0. The van der Waals surface area contributed by atoms with Crippen LogP contribution < -0.4 is 5.73 Å². The molecule has 0 bridgehead atoms. The van der Waals surface area contributed by atoms with Crippen LogP contribution in [0.5, 0.6) is 0 Å². The molecule has 0 heterocycles. The van der Waals surface area contributed by atoms with Gasteiger partial charge in [0.15, 0.2) is 0 Å². The lowest BCUT2D eigenvalue weighted by Crippen LogP contribution is -2.43. The minimum atomic E-state index is -2.35. The van der Waals surface area contributed by atoms with Crippen LogP contribution >= 0.6 is 0 Å². The summed E-state index contributed by atoms with van der Waals surface area (Å²) in [5, 5.41) is 0. The predicted molar refractivity (Wildman–Crippen MR) is 66.8 cm³/mol. The number of rotatable bonds is 9. The fraction of sp³-hybridized carbons (Fsp3) is 1.00. The summed E-state index contributed by atoms with van der Waals surface area (Å²) >= 11 is 0. The Morgan fingerprint density at radius 1 is 1.13 bits per heavy atom. The summed E-state index contributed by atoms with van der Waals surface area (Å²) in [5.41, 5.74) is 5.48. The normalized spacial score (nSPS) is 12.6. The third kappa shape index (κ3) is 5.76. The molecular formula is C8H24N2O3Si2. The second-order valence-corrected chi connectivity index (χ2v) is 7.85. The predicted octanol–water partition coefficient (Wildman–Crippen LogP) is -1.20. The van der Waals surface area contributed by atoms with Crippen LogP contribution in [0.15, 0.2) is 0 Å². The zero-order valence-corrected chi connectivity index (χ0v) is 13.3. The van der Waals surface area contributed by atoms with Gasteiger partial charge in [0.2, 0.25) is 0 Å². The lowest BCUT2D eigenvalue weighted by atomic mass is 10.4. The molecule has 0 aromatic rings. The summed E-state index contributed by atoms with van der Waals surface area (Å²) in [6.07, 6.45) is 1.03. The first-order chi connectivity index (χ1) is 7.14. The maximum absolute atomic E-state index is 5.48. The molecule has 0 aliphatic carbocycles. The van der Waals surface area contributed by atoms with E-state index >= 15 is 0 Å². The van der Waals surface area contributed by atoms with Crippen molar-refractivity contribution in [2.24, 2.45) is 5.73 Å². The summed E-state index contributed by atoms with van der Waals surface area (Å²) in [6.45, 7) is 2.76. The topological polar surface area (TPSA) is 57.0 Å². The van der Waals surface area contributed by atoms with Crippen molar-refractivity contribution < 1.29 is 13.3 Å². The highest BCUT2D eigenvalue weighted by atomic mass is 28.4. The van der Waals surface area contributed by atoms with E-state index in [-0.39, 0.29) is 0 Å². The van der Waals surface area contributed by atoms with Gasteiger partial charge in [0.25, 0.3) is 0 Å². The van der Waals surface area contributed by atoms with Crippen LogP contribution in [0.3, 0.4) is 0 Å². The molecule has 0 aromatic carbocycles. The van der Waals surface area contributed by atoms with Gasteiger partial charge in [0, 0.05) is 40.5 Å². The Balaban J connectivity index is 3.80. The SMILES string of the molecule is CO[Si](CCCN([SiH3])CCN)(OC)OC. The second-order valence-electron chi connectivity index (χ2n) is 3.49. The molecule has 0 atom stereocenters. The third-order valence-corrected chi connectivity index (χ3v) is 6.19. The minimum absolute atomic E-state index is 0.727. The second kappa shape index (κ2) is 8.39. The van der Waals surface area contributed by atoms with Crippen LogP contribution in [0, 0.1) is 0 Å². The van der Waals surface area contributed by atoms with E-state index in [1.54, 1.807) is 21.3 Å². The zero-order chi connectivity index (χ0) is 11.7.